The first-order chi connectivity index (χ1) is 8.51. The van der Waals surface area contributed by atoms with E-state index in [0.717, 1.165) is 11.3 Å². The molecule has 0 aliphatic carbocycles. The van der Waals surface area contributed by atoms with Crippen molar-refractivity contribution in [2.24, 2.45) is 0 Å². The summed E-state index contributed by atoms with van der Waals surface area (Å²) >= 11 is 6.17. The number of aliphatic hydroxyl groups excluding tert-OH is 1. The number of nitrogens with zero attached hydrogens (tertiary/aromatic N) is 2. The number of amides is 1. The second-order valence-corrected chi connectivity index (χ2v) is 4.62. The van der Waals surface area contributed by atoms with E-state index >= 15 is 0 Å². The van der Waals surface area contributed by atoms with E-state index in [9.17, 15) is 9.90 Å². The van der Waals surface area contributed by atoms with Crippen molar-refractivity contribution in [3.05, 3.63) is 28.8 Å². The van der Waals surface area contributed by atoms with E-state index in [2.05, 4.69) is 0 Å². The van der Waals surface area contributed by atoms with E-state index in [0.29, 0.717) is 11.6 Å². The molecule has 0 spiro atoms. The number of likely N-dealkylation sites (N-methyl/N-ethyl adjacent to an activating group) is 2. The molecule has 5 heteroatoms. The topological polar surface area (TPSA) is 43.8 Å². The quantitative estimate of drug-likeness (QED) is 0.887. The Kier molecular flexibility index (Phi) is 5.44. The Morgan fingerprint density at radius 3 is 2.56 bits per heavy atom. The van der Waals surface area contributed by atoms with Crippen LogP contribution in [0.4, 0.5) is 5.69 Å². The second-order valence-electron chi connectivity index (χ2n) is 4.21. The van der Waals surface area contributed by atoms with Gasteiger partial charge in [0.05, 0.1) is 23.9 Å². The lowest BCUT2D eigenvalue weighted by atomic mass is 10.1. The van der Waals surface area contributed by atoms with Crippen molar-refractivity contribution in [1.82, 2.24) is 4.90 Å². The van der Waals surface area contributed by atoms with E-state index in [1.54, 1.807) is 26.2 Å². The fraction of sp³-hybridized carbons (Fsp3) is 0.462. The van der Waals surface area contributed by atoms with Crippen LogP contribution in [-0.4, -0.2) is 43.1 Å². The zero-order valence-electron chi connectivity index (χ0n) is 11.0. The van der Waals surface area contributed by atoms with Crippen molar-refractivity contribution in [1.29, 1.82) is 0 Å². The number of rotatable bonds is 5. The largest absolute Gasteiger partial charge is 0.392 e. The molecule has 0 atom stereocenters. The van der Waals surface area contributed by atoms with Gasteiger partial charge < -0.3 is 14.9 Å². The van der Waals surface area contributed by atoms with Gasteiger partial charge in [0, 0.05) is 26.2 Å². The van der Waals surface area contributed by atoms with Crippen molar-refractivity contribution in [3.63, 3.8) is 0 Å². The van der Waals surface area contributed by atoms with Gasteiger partial charge in [-0.25, -0.2) is 0 Å². The number of halogens is 1. The molecule has 1 aromatic rings. The summed E-state index contributed by atoms with van der Waals surface area (Å²) < 4.78 is 0. The summed E-state index contributed by atoms with van der Waals surface area (Å²) in [4.78, 5) is 15.2. The van der Waals surface area contributed by atoms with Gasteiger partial charge in [-0.15, -0.1) is 0 Å². The highest BCUT2D eigenvalue weighted by Gasteiger charge is 2.17. The monoisotopic (exact) mass is 270 g/mol. The Balaban J connectivity index is 3.05. The average Bonchev–Trinajstić information content (AvgIpc) is 2.35. The van der Waals surface area contributed by atoms with Gasteiger partial charge in [-0.05, 0) is 13.0 Å². The molecule has 0 bridgehead atoms. The van der Waals surface area contributed by atoms with E-state index in [-0.39, 0.29) is 19.1 Å². The third-order valence-corrected chi connectivity index (χ3v) is 3.07. The molecule has 0 radical (unpaired) electrons. The number of anilines is 1. The zero-order valence-corrected chi connectivity index (χ0v) is 11.7. The number of hydrogen-bond donors (Lipinski definition) is 1. The zero-order chi connectivity index (χ0) is 13.7. The first-order valence-corrected chi connectivity index (χ1v) is 6.22. The van der Waals surface area contributed by atoms with Crippen LogP contribution in [0.5, 0.6) is 0 Å². The molecule has 0 fully saturated rings. The summed E-state index contributed by atoms with van der Waals surface area (Å²) in [5, 5.41) is 9.90. The maximum Gasteiger partial charge on any atom is 0.241 e. The highest BCUT2D eigenvalue weighted by molar-refractivity contribution is 6.33. The van der Waals surface area contributed by atoms with Crippen LogP contribution in [0, 0.1) is 0 Å². The van der Waals surface area contributed by atoms with Gasteiger partial charge in [-0.1, -0.05) is 23.7 Å². The normalized spacial score (nSPS) is 10.3. The van der Waals surface area contributed by atoms with Gasteiger partial charge in [0.15, 0.2) is 0 Å². The van der Waals surface area contributed by atoms with Crippen LogP contribution in [0.15, 0.2) is 18.2 Å². The third-order valence-electron chi connectivity index (χ3n) is 2.76. The van der Waals surface area contributed by atoms with Gasteiger partial charge in [0.1, 0.15) is 0 Å². The van der Waals surface area contributed by atoms with Crippen molar-refractivity contribution < 1.29 is 9.90 Å². The van der Waals surface area contributed by atoms with Crippen molar-refractivity contribution in [2.45, 2.75) is 13.5 Å². The molecule has 0 unspecified atom stereocenters. The summed E-state index contributed by atoms with van der Waals surface area (Å²) in [6.45, 7) is 2.76. The van der Waals surface area contributed by atoms with Gasteiger partial charge in [0.25, 0.3) is 0 Å². The minimum absolute atomic E-state index is 0.000611. The molecular formula is C13H19ClN2O2. The highest BCUT2D eigenvalue weighted by Crippen LogP contribution is 2.29. The van der Waals surface area contributed by atoms with Crippen molar-refractivity contribution in [2.75, 3.05) is 32.1 Å². The maximum atomic E-state index is 11.8. The number of para-hydroxylation sites is 1. The minimum atomic E-state index is -0.0947. The molecular weight excluding hydrogens is 252 g/mol. The number of hydrogen-bond acceptors (Lipinski definition) is 3. The molecule has 1 rings (SSSR count). The fourth-order valence-electron chi connectivity index (χ4n) is 1.70. The number of aliphatic hydroxyl groups is 1. The van der Waals surface area contributed by atoms with Crippen LogP contribution in [-0.2, 0) is 11.4 Å². The van der Waals surface area contributed by atoms with E-state index in [1.165, 1.54) is 4.90 Å². The van der Waals surface area contributed by atoms with Crippen molar-refractivity contribution >= 4 is 23.2 Å². The molecule has 1 N–H and O–H groups in total. The van der Waals surface area contributed by atoms with Gasteiger partial charge in [0.2, 0.25) is 5.91 Å². The van der Waals surface area contributed by atoms with Gasteiger partial charge in [-0.3, -0.25) is 4.79 Å². The van der Waals surface area contributed by atoms with Crippen LogP contribution in [0.3, 0.4) is 0 Å². The Morgan fingerprint density at radius 1 is 1.39 bits per heavy atom. The summed E-state index contributed by atoms with van der Waals surface area (Å²) in [6, 6.07) is 5.36. The van der Waals surface area contributed by atoms with Gasteiger partial charge in [-0.2, -0.15) is 0 Å². The number of carbonyl (C=O) groups is 1. The molecule has 0 aliphatic rings. The summed E-state index contributed by atoms with van der Waals surface area (Å²) in [5.74, 6) is 0.000611. The summed E-state index contributed by atoms with van der Waals surface area (Å²) in [5.41, 5.74) is 1.47. The summed E-state index contributed by atoms with van der Waals surface area (Å²) in [7, 11) is 3.44. The van der Waals surface area contributed by atoms with Crippen LogP contribution in [0.1, 0.15) is 12.5 Å². The Labute approximate surface area is 113 Å². The molecule has 0 aromatic heterocycles. The standard InChI is InChI=1S/C13H19ClN2O2/c1-4-16(8-12(18)15(2)3)13-10(9-17)6-5-7-11(13)14/h5-7,17H,4,8-9H2,1-3H3. The van der Waals surface area contributed by atoms with Gasteiger partial charge >= 0.3 is 0 Å². The minimum Gasteiger partial charge on any atom is -0.392 e. The van der Waals surface area contributed by atoms with E-state index in [4.69, 9.17) is 11.6 Å². The Morgan fingerprint density at radius 2 is 2.06 bits per heavy atom. The lowest BCUT2D eigenvalue weighted by Gasteiger charge is -2.27. The van der Waals surface area contributed by atoms with E-state index < -0.39 is 0 Å². The van der Waals surface area contributed by atoms with E-state index in [1.807, 2.05) is 17.9 Å². The Bertz CT molecular complexity index is 421. The molecule has 0 heterocycles. The maximum absolute atomic E-state index is 11.8. The predicted molar refractivity (Wildman–Crippen MR) is 74.0 cm³/mol. The third kappa shape index (κ3) is 3.37. The number of carbonyl (C=O) groups excluding carboxylic acids is 1. The summed E-state index contributed by atoms with van der Waals surface area (Å²) in [6.07, 6.45) is 0. The van der Waals surface area contributed by atoms with Crippen molar-refractivity contribution in [3.8, 4) is 0 Å². The molecule has 100 valence electrons. The van der Waals surface area contributed by atoms with Crippen LogP contribution in [0.25, 0.3) is 0 Å². The molecule has 18 heavy (non-hydrogen) atoms. The first kappa shape index (κ1) is 14.8. The SMILES string of the molecule is CCN(CC(=O)N(C)C)c1c(Cl)cccc1CO. The lowest BCUT2D eigenvalue weighted by molar-refractivity contribution is -0.127. The first-order valence-electron chi connectivity index (χ1n) is 5.84. The molecule has 1 aromatic carbocycles. The molecule has 0 saturated carbocycles. The van der Waals surface area contributed by atoms with Crippen LogP contribution < -0.4 is 4.90 Å². The average molecular weight is 271 g/mol. The molecule has 1 amide bonds. The smallest absolute Gasteiger partial charge is 0.241 e. The van der Waals surface area contributed by atoms with Crippen LogP contribution in [0.2, 0.25) is 5.02 Å². The molecule has 4 nitrogen and oxygen atoms in total. The lowest BCUT2D eigenvalue weighted by Crippen LogP contribution is -2.37. The predicted octanol–water partition coefficient (Wildman–Crippen LogP) is 1.75. The highest BCUT2D eigenvalue weighted by atomic mass is 35.5. The molecule has 0 saturated heterocycles. The molecule has 0 aliphatic heterocycles. The Hall–Kier alpha value is -1.26. The number of benzene rings is 1. The second kappa shape index (κ2) is 6.61. The van der Waals surface area contributed by atoms with Crippen LogP contribution >= 0.6 is 11.6 Å². The fourth-order valence-corrected chi connectivity index (χ4v) is 2.01.